The molecule has 0 aromatic heterocycles. The number of nitrogens with one attached hydrogen (secondary N) is 1. The van der Waals surface area contributed by atoms with Crippen molar-refractivity contribution in [2.45, 2.75) is 51.5 Å². The minimum Gasteiger partial charge on any atom is -0.480 e. The molecule has 1 atom stereocenters. The van der Waals surface area contributed by atoms with E-state index in [1.165, 1.54) is 4.90 Å². The number of carbonyl (C=O) groups is 3. The highest BCUT2D eigenvalue weighted by atomic mass is 16.4. The molecule has 21 heavy (non-hydrogen) atoms. The lowest BCUT2D eigenvalue weighted by atomic mass is 10.1. The summed E-state index contributed by atoms with van der Waals surface area (Å²) in [6.45, 7) is 2.30. The standard InChI is InChI=1S/C15H24N2O4/c1-2-3-8-12(15(20)21)16-13(18)11-17-10-7-5-4-6-9-14(17)19/h2-3,12H,4-11H2,1H3,(H,16,18)(H,20,21)/b3-2+. The van der Waals surface area contributed by atoms with Gasteiger partial charge in [-0.25, -0.2) is 4.79 Å². The highest BCUT2D eigenvalue weighted by Gasteiger charge is 2.22. The maximum atomic E-state index is 11.9. The summed E-state index contributed by atoms with van der Waals surface area (Å²) in [7, 11) is 0. The summed E-state index contributed by atoms with van der Waals surface area (Å²) in [6.07, 6.45) is 8.00. The average Bonchev–Trinajstić information content (AvgIpc) is 2.43. The van der Waals surface area contributed by atoms with E-state index in [9.17, 15) is 14.4 Å². The van der Waals surface area contributed by atoms with Gasteiger partial charge in [0.2, 0.25) is 11.8 Å². The number of nitrogens with zero attached hydrogens (tertiary/aromatic N) is 1. The largest absolute Gasteiger partial charge is 0.480 e. The molecule has 2 N–H and O–H groups in total. The van der Waals surface area contributed by atoms with Crippen molar-refractivity contribution in [3.05, 3.63) is 12.2 Å². The van der Waals surface area contributed by atoms with E-state index < -0.39 is 17.9 Å². The fraction of sp³-hybridized carbons (Fsp3) is 0.667. The number of likely N-dealkylation sites (tertiary alicyclic amines) is 1. The second-order valence-electron chi connectivity index (χ2n) is 5.24. The van der Waals surface area contributed by atoms with Gasteiger partial charge in [-0.15, -0.1) is 0 Å². The van der Waals surface area contributed by atoms with Crippen LogP contribution in [0.4, 0.5) is 0 Å². The summed E-state index contributed by atoms with van der Waals surface area (Å²) < 4.78 is 0. The van der Waals surface area contributed by atoms with Crippen molar-refractivity contribution in [1.29, 1.82) is 0 Å². The number of carboxylic acid groups (broad SMARTS) is 1. The molecule has 1 rings (SSSR count). The number of amides is 2. The van der Waals surface area contributed by atoms with Crippen LogP contribution in [0.1, 0.15) is 45.4 Å². The van der Waals surface area contributed by atoms with Gasteiger partial charge in [0.15, 0.2) is 0 Å². The van der Waals surface area contributed by atoms with Gasteiger partial charge in [-0.3, -0.25) is 9.59 Å². The van der Waals surface area contributed by atoms with Crippen molar-refractivity contribution < 1.29 is 19.5 Å². The molecule has 1 aliphatic rings. The molecule has 1 heterocycles. The number of carboxylic acids is 1. The third-order valence-electron chi connectivity index (χ3n) is 3.50. The zero-order valence-corrected chi connectivity index (χ0v) is 12.5. The fourth-order valence-electron chi connectivity index (χ4n) is 2.29. The predicted molar refractivity (Wildman–Crippen MR) is 78.7 cm³/mol. The van der Waals surface area contributed by atoms with Gasteiger partial charge in [-0.2, -0.15) is 0 Å². The summed E-state index contributed by atoms with van der Waals surface area (Å²) in [6, 6.07) is -0.946. The molecule has 0 aromatic carbocycles. The van der Waals surface area contributed by atoms with E-state index in [-0.39, 0.29) is 18.9 Å². The van der Waals surface area contributed by atoms with Crippen LogP contribution in [0.3, 0.4) is 0 Å². The van der Waals surface area contributed by atoms with E-state index in [0.29, 0.717) is 13.0 Å². The van der Waals surface area contributed by atoms with Gasteiger partial charge in [-0.1, -0.05) is 25.0 Å². The van der Waals surface area contributed by atoms with Gasteiger partial charge in [0.25, 0.3) is 0 Å². The maximum absolute atomic E-state index is 11.9. The van der Waals surface area contributed by atoms with E-state index in [0.717, 1.165) is 25.7 Å². The molecule has 6 nitrogen and oxygen atoms in total. The van der Waals surface area contributed by atoms with E-state index in [2.05, 4.69) is 5.32 Å². The Labute approximate surface area is 125 Å². The normalized spacial score (nSPS) is 18.1. The highest BCUT2D eigenvalue weighted by Crippen LogP contribution is 2.11. The molecule has 0 spiro atoms. The van der Waals surface area contributed by atoms with Crippen LogP contribution in [-0.2, 0) is 14.4 Å². The number of aliphatic carboxylic acids is 1. The predicted octanol–water partition coefficient (Wildman–Crippen LogP) is 1.31. The SMILES string of the molecule is C/C=C/CC(NC(=O)CN1CCCCCCC1=O)C(=O)O. The lowest BCUT2D eigenvalue weighted by Crippen LogP contribution is -2.47. The van der Waals surface area contributed by atoms with Crippen LogP contribution in [0.2, 0.25) is 0 Å². The van der Waals surface area contributed by atoms with Crippen LogP contribution in [0, 0.1) is 0 Å². The van der Waals surface area contributed by atoms with Crippen LogP contribution < -0.4 is 5.32 Å². The molecule has 1 saturated heterocycles. The molecular weight excluding hydrogens is 272 g/mol. The van der Waals surface area contributed by atoms with Crippen LogP contribution in [0.15, 0.2) is 12.2 Å². The first-order valence-electron chi connectivity index (χ1n) is 7.45. The number of hydrogen-bond donors (Lipinski definition) is 2. The first kappa shape index (κ1) is 17.2. The van der Waals surface area contributed by atoms with Crippen LogP contribution >= 0.6 is 0 Å². The molecule has 0 saturated carbocycles. The summed E-state index contributed by atoms with van der Waals surface area (Å²) in [5, 5.41) is 11.5. The van der Waals surface area contributed by atoms with Crippen LogP contribution in [-0.4, -0.2) is 46.9 Å². The Morgan fingerprint density at radius 2 is 2.05 bits per heavy atom. The van der Waals surface area contributed by atoms with E-state index in [1.54, 1.807) is 19.1 Å². The molecule has 118 valence electrons. The minimum atomic E-state index is -1.07. The second-order valence-corrected chi connectivity index (χ2v) is 5.24. The Morgan fingerprint density at radius 1 is 1.33 bits per heavy atom. The van der Waals surface area contributed by atoms with E-state index in [4.69, 9.17) is 5.11 Å². The second kappa shape index (κ2) is 9.15. The van der Waals surface area contributed by atoms with Crippen molar-refractivity contribution in [1.82, 2.24) is 10.2 Å². The van der Waals surface area contributed by atoms with Gasteiger partial charge in [0.1, 0.15) is 6.04 Å². The van der Waals surface area contributed by atoms with Crippen LogP contribution in [0.25, 0.3) is 0 Å². The van der Waals surface area contributed by atoms with Gasteiger partial charge < -0.3 is 15.3 Å². The maximum Gasteiger partial charge on any atom is 0.326 e. The number of carbonyl (C=O) groups excluding carboxylic acids is 2. The smallest absolute Gasteiger partial charge is 0.326 e. The molecule has 1 aliphatic heterocycles. The van der Waals surface area contributed by atoms with E-state index in [1.807, 2.05) is 0 Å². The van der Waals surface area contributed by atoms with Gasteiger partial charge in [0, 0.05) is 13.0 Å². The zero-order valence-electron chi connectivity index (χ0n) is 12.5. The summed E-state index contributed by atoms with van der Waals surface area (Å²) in [4.78, 5) is 36.5. The molecule has 0 radical (unpaired) electrons. The first-order valence-corrected chi connectivity index (χ1v) is 7.45. The lowest BCUT2D eigenvalue weighted by Gasteiger charge is -2.25. The van der Waals surface area contributed by atoms with Crippen molar-refractivity contribution in [2.75, 3.05) is 13.1 Å². The average molecular weight is 296 g/mol. The molecule has 0 aliphatic carbocycles. The number of hydrogen-bond acceptors (Lipinski definition) is 3. The van der Waals surface area contributed by atoms with Crippen molar-refractivity contribution in [3.63, 3.8) is 0 Å². The Hall–Kier alpha value is -1.85. The molecule has 6 heteroatoms. The number of allylic oxidation sites excluding steroid dienone is 1. The molecule has 1 unspecified atom stereocenters. The minimum absolute atomic E-state index is 0.0230. The monoisotopic (exact) mass is 296 g/mol. The Bertz CT molecular complexity index is 406. The third-order valence-corrected chi connectivity index (χ3v) is 3.50. The van der Waals surface area contributed by atoms with Gasteiger partial charge in [0.05, 0.1) is 6.54 Å². The quantitative estimate of drug-likeness (QED) is 0.724. The Kier molecular flexibility index (Phi) is 7.50. The molecule has 0 aromatic rings. The van der Waals surface area contributed by atoms with Crippen molar-refractivity contribution in [2.24, 2.45) is 0 Å². The van der Waals surface area contributed by atoms with Gasteiger partial charge >= 0.3 is 5.97 Å². The van der Waals surface area contributed by atoms with Gasteiger partial charge in [-0.05, 0) is 26.2 Å². The van der Waals surface area contributed by atoms with Crippen molar-refractivity contribution in [3.8, 4) is 0 Å². The topological polar surface area (TPSA) is 86.7 Å². The first-order chi connectivity index (χ1) is 10.0. The van der Waals surface area contributed by atoms with E-state index >= 15 is 0 Å². The summed E-state index contributed by atoms with van der Waals surface area (Å²) in [5.41, 5.74) is 0. The zero-order chi connectivity index (χ0) is 15.7. The third kappa shape index (κ3) is 6.42. The van der Waals surface area contributed by atoms with Crippen molar-refractivity contribution >= 4 is 17.8 Å². The van der Waals surface area contributed by atoms with Crippen LogP contribution in [0.5, 0.6) is 0 Å². The Balaban J connectivity index is 2.52. The highest BCUT2D eigenvalue weighted by molar-refractivity contribution is 5.88. The summed E-state index contributed by atoms with van der Waals surface area (Å²) >= 11 is 0. The molecule has 1 fully saturated rings. The number of rotatable bonds is 6. The molecular formula is C15H24N2O4. The Morgan fingerprint density at radius 3 is 2.71 bits per heavy atom. The lowest BCUT2D eigenvalue weighted by molar-refractivity contribution is -0.142. The summed E-state index contributed by atoms with van der Waals surface area (Å²) in [5.74, 6) is -1.51. The fourth-order valence-corrected chi connectivity index (χ4v) is 2.29. The molecule has 0 bridgehead atoms. The molecule has 2 amide bonds.